The lowest BCUT2D eigenvalue weighted by molar-refractivity contribution is -0.119. The van der Waals surface area contributed by atoms with Crippen LogP contribution in [0.4, 0.5) is 11.4 Å². The first-order valence-corrected chi connectivity index (χ1v) is 9.40. The number of sulfonamides is 1. The number of nitrogens with one attached hydrogen (secondary N) is 1. The Bertz CT molecular complexity index is 893. The number of amides is 1. The summed E-state index contributed by atoms with van der Waals surface area (Å²) in [5, 5.41) is 0. The zero-order valence-electron chi connectivity index (χ0n) is 13.0. The van der Waals surface area contributed by atoms with Gasteiger partial charge in [0.25, 0.3) is 10.0 Å². The summed E-state index contributed by atoms with van der Waals surface area (Å²) >= 11 is 0. The van der Waals surface area contributed by atoms with Crippen LogP contribution in [-0.2, 0) is 21.2 Å². The van der Waals surface area contributed by atoms with E-state index in [-0.39, 0.29) is 16.7 Å². The standard InChI is InChI=1S/C17H17N3O3S/c21-17(12-3-4-12)20-9-7-13-10-15(5-6-16(13)20)24(22,23)19-14-2-1-8-18-11-14/h1-2,5-6,8,10-12,19H,3-4,7,9H2. The van der Waals surface area contributed by atoms with E-state index in [0.29, 0.717) is 18.7 Å². The van der Waals surface area contributed by atoms with Gasteiger partial charge in [-0.15, -0.1) is 0 Å². The first-order valence-electron chi connectivity index (χ1n) is 7.92. The van der Waals surface area contributed by atoms with E-state index >= 15 is 0 Å². The van der Waals surface area contributed by atoms with Gasteiger partial charge in [-0.3, -0.25) is 14.5 Å². The highest BCUT2D eigenvalue weighted by molar-refractivity contribution is 7.92. The van der Waals surface area contributed by atoms with Gasteiger partial charge in [-0.1, -0.05) is 0 Å². The molecule has 24 heavy (non-hydrogen) atoms. The normalized spacial score (nSPS) is 16.8. The fourth-order valence-electron chi connectivity index (χ4n) is 2.96. The topological polar surface area (TPSA) is 79.4 Å². The lowest BCUT2D eigenvalue weighted by Gasteiger charge is -2.17. The number of aromatic nitrogens is 1. The van der Waals surface area contributed by atoms with Crippen molar-refractivity contribution in [2.45, 2.75) is 24.2 Å². The molecule has 4 rings (SSSR count). The molecule has 2 heterocycles. The van der Waals surface area contributed by atoms with Gasteiger partial charge in [0.15, 0.2) is 0 Å². The molecule has 1 aromatic carbocycles. The van der Waals surface area contributed by atoms with Crippen molar-refractivity contribution >= 4 is 27.3 Å². The van der Waals surface area contributed by atoms with Crippen LogP contribution in [0.25, 0.3) is 0 Å². The molecule has 0 spiro atoms. The molecule has 1 amide bonds. The smallest absolute Gasteiger partial charge is 0.261 e. The summed E-state index contributed by atoms with van der Waals surface area (Å²) in [5.74, 6) is 0.324. The van der Waals surface area contributed by atoms with Gasteiger partial charge in [0.1, 0.15) is 0 Å². The van der Waals surface area contributed by atoms with Crippen molar-refractivity contribution in [1.29, 1.82) is 0 Å². The molecular formula is C17H17N3O3S. The van der Waals surface area contributed by atoms with Crippen LogP contribution < -0.4 is 9.62 Å². The van der Waals surface area contributed by atoms with Crippen molar-refractivity contribution in [1.82, 2.24) is 4.98 Å². The number of pyridine rings is 1. The monoisotopic (exact) mass is 343 g/mol. The molecule has 1 N–H and O–H groups in total. The van der Waals surface area contributed by atoms with Crippen LogP contribution in [0, 0.1) is 5.92 Å². The molecule has 124 valence electrons. The summed E-state index contributed by atoms with van der Waals surface area (Å²) in [6.07, 6.45) is 5.65. The molecule has 0 unspecified atom stereocenters. The predicted molar refractivity (Wildman–Crippen MR) is 90.3 cm³/mol. The third-order valence-electron chi connectivity index (χ3n) is 4.36. The zero-order chi connectivity index (χ0) is 16.7. The van der Waals surface area contributed by atoms with Gasteiger partial charge in [-0.2, -0.15) is 0 Å². The SMILES string of the molecule is O=C(C1CC1)N1CCc2cc(S(=O)(=O)Nc3cccnc3)ccc21. The van der Waals surface area contributed by atoms with E-state index in [0.717, 1.165) is 24.1 Å². The average Bonchev–Trinajstić information content (AvgIpc) is 3.34. The summed E-state index contributed by atoms with van der Waals surface area (Å²) in [7, 11) is -3.67. The van der Waals surface area contributed by atoms with Gasteiger partial charge in [-0.25, -0.2) is 8.42 Å². The van der Waals surface area contributed by atoms with Crippen molar-refractivity contribution in [3.8, 4) is 0 Å². The molecule has 7 heteroatoms. The fraction of sp³-hybridized carbons (Fsp3) is 0.294. The van der Waals surface area contributed by atoms with Crippen molar-refractivity contribution in [3.63, 3.8) is 0 Å². The number of benzene rings is 1. The van der Waals surface area contributed by atoms with Gasteiger partial charge in [-0.05, 0) is 55.2 Å². The third-order valence-corrected chi connectivity index (χ3v) is 5.74. The number of nitrogens with zero attached hydrogens (tertiary/aromatic N) is 2. The highest BCUT2D eigenvalue weighted by Crippen LogP contribution is 2.37. The van der Waals surface area contributed by atoms with Crippen molar-refractivity contribution in [2.24, 2.45) is 5.92 Å². The molecular weight excluding hydrogens is 326 g/mol. The minimum Gasteiger partial charge on any atom is -0.312 e. The highest BCUT2D eigenvalue weighted by Gasteiger charge is 2.36. The first kappa shape index (κ1) is 15.1. The van der Waals surface area contributed by atoms with E-state index in [9.17, 15) is 13.2 Å². The second-order valence-corrected chi connectivity index (χ2v) is 7.83. The molecule has 2 aliphatic rings. The molecule has 0 atom stereocenters. The third kappa shape index (κ3) is 2.75. The lowest BCUT2D eigenvalue weighted by atomic mass is 10.2. The zero-order valence-corrected chi connectivity index (χ0v) is 13.8. The molecule has 1 fully saturated rings. The van der Waals surface area contributed by atoms with Gasteiger partial charge in [0.2, 0.25) is 5.91 Å². The summed E-state index contributed by atoms with van der Waals surface area (Å²) in [5.41, 5.74) is 2.16. The molecule has 1 aliphatic heterocycles. The van der Waals surface area contributed by atoms with Gasteiger partial charge >= 0.3 is 0 Å². The summed E-state index contributed by atoms with van der Waals surface area (Å²) < 4.78 is 27.5. The Kier molecular flexibility index (Phi) is 3.53. The average molecular weight is 343 g/mol. The number of anilines is 2. The number of carbonyl (C=O) groups excluding carboxylic acids is 1. The van der Waals surface area contributed by atoms with Crippen LogP contribution in [0.3, 0.4) is 0 Å². The van der Waals surface area contributed by atoms with Crippen LogP contribution in [0.5, 0.6) is 0 Å². The van der Waals surface area contributed by atoms with Crippen molar-refractivity contribution in [3.05, 3.63) is 48.3 Å². The van der Waals surface area contributed by atoms with Crippen LogP contribution in [0.1, 0.15) is 18.4 Å². The Hall–Kier alpha value is -2.41. The number of rotatable bonds is 4. The van der Waals surface area contributed by atoms with E-state index in [4.69, 9.17) is 0 Å². The van der Waals surface area contributed by atoms with Crippen LogP contribution in [0.2, 0.25) is 0 Å². The summed E-state index contributed by atoms with van der Waals surface area (Å²) in [6.45, 7) is 0.629. The molecule has 0 bridgehead atoms. The fourth-order valence-corrected chi connectivity index (χ4v) is 4.06. The Morgan fingerprint density at radius 3 is 2.79 bits per heavy atom. The Morgan fingerprint density at radius 2 is 2.08 bits per heavy atom. The minimum atomic E-state index is -3.67. The van der Waals surface area contributed by atoms with Crippen LogP contribution >= 0.6 is 0 Å². The molecule has 2 aromatic rings. The largest absolute Gasteiger partial charge is 0.312 e. The molecule has 1 saturated carbocycles. The highest BCUT2D eigenvalue weighted by atomic mass is 32.2. The van der Waals surface area contributed by atoms with Gasteiger partial charge in [0.05, 0.1) is 16.8 Å². The minimum absolute atomic E-state index is 0.159. The number of fused-ring (bicyclic) bond motifs is 1. The number of carbonyl (C=O) groups is 1. The van der Waals surface area contributed by atoms with E-state index < -0.39 is 10.0 Å². The number of hydrogen-bond acceptors (Lipinski definition) is 4. The second kappa shape index (κ2) is 5.59. The van der Waals surface area contributed by atoms with Crippen molar-refractivity contribution < 1.29 is 13.2 Å². The van der Waals surface area contributed by atoms with Crippen LogP contribution in [-0.4, -0.2) is 25.9 Å². The van der Waals surface area contributed by atoms with E-state index in [1.54, 1.807) is 41.4 Å². The predicted octanol–water partition coefficient (Wildman–Crippen LogP) is 2.18. The van der Waals surface area contributed by atoms with Crippen LogP contribution in [0.15, 0.2) is 47.6 Å². The summed E-state index contributed by atoms with van der Waals surface area (Å²) in [4.78, 5) is 18.2. The Balaban J connectivity index is 1.60. The molecule has 6 nitrogen and oxygen atoms in total. The molecule has 1 aliphatic carbocycles. The molecule has 0 saturated heterocycles. The lowest BCUT2D eigenvalue weighted by Crippen LogP contribution is -2.30. The van der Waals surface area contributed by atoms with Crippen molar-refractivity contribution in [2.75, 3.05) is 16.2 Å². The van der Waals surface area contributed by atoms with E-state index in [1.807, 2.05) is 0 Å². The van der Waals surface area contributed by atoms with Gasteiger partial charge in [0, 0.05) is 24.3 Å². The van der Waals surface area contributed by atoms with Gasteiger partial charge < -0.3 is 4.90 Å². The van der Waals surface area contributed by atoms with E-state index in [2.05, 4.69) is 9.71 Å². The Labute approximate surface area is 140 Å². The Morgan fingerprint density at radius 1 is 1.25 bits per heavy atom. The van der Waals surface area contributed by atoms with E-state index in [1.165, 1.54) is 6.20 Å². The maximum Gasteiger partial charge on any atom is 0.261 e. The second-order valence-electron chi connectivity index (χ2n) is 6.15. The summed E-state index contributed by atoms with van der Waals surface area (Å²) in [6, 6.07) is 8.26. The quantitative estimate of drug-likeness (QED) is 0.923. The first-order chi connectivity index (χ1) is 11.5. The molecule has 0 radical (unpaired) electrons. The maximum absolute atomic E-state index is 12.5. The molecule has 1 aromatic heterocycles. The maximum atomic E-state index is 12.5. The number of hydrogen-bond donors (Lipinski definition) is 1.